The fourth-order valence-electron chi connectivity index (χ4n) is 1.65. The standard InChI is InChI=1S/C15H15ClN2O2/c1-2-20-14-8-3-5-11(15(14)19)10-17-18-13-7-4-6-12(16)9-13/h3-10,18-19H,2H2,1H3/b17-10+. The zero-order valence-corrected chi connectivity index (χ0v) is 11.8. The van der Waals surface area contributed by atoms with E-state index >= 15 is 0 Å². The number of ether oxygens (including phenoxy) is 1. The molecule has 0 aliphatic carbocycles. The van der Waals surface area contributed by atoms with E-state index in [1.54, 1.807) is 30.3 Å². The quantitative estimate of drug-likeness (QED) is 0.649. The van der Waals surface area contributed by atoms with Gasteiger partial charge in [-0.05, 0) is 37.3 Å². The number of phenols is 1. The van der Waals surface area contributed by atoms with Crippen LogP contribution in [0.5, 0.6) is 11.5 Å². The number of hydrogen-bond donors (Lipinski definition) is 2. The van der Waals surface area contributed by atoms with E-state index in [4.69, 9.17) is 16.3 Å². The Labute approximate surface area is 122 Å². The predicted octanol–water partition coefficient (Wildman–Crippen LogP) is 3.89. The summed E-state index contributed by atoms with van der Waals surface area (Å²) in [5.41, 5.74) is 4.19. The summed E-state index contributed by atoms with van der Waals surface area (Å²) in [6.45, 7) is 2.36. The number of hydrogen-bond acceptors (Lipinski definition) is 4. The van der Waals surface area contributed by atoms with Crippen molar-refractivity contribution in [2.75, 3.05) is 12.0 Å². The lowest BCUT2D eigenvalue weighted by molar-refractivity contribution is 0.318. The van der Waals surface area contributed by atoms with Crippen molar-refractivity contribution in [1.82, 2.24) is 0 Å². The van der Waals surface area contributed by atoms with Gasteiger partial charge in [-0.15, -0.1) is 0 Å². The van der Waals surface area contributed by atoms with Crippen molar-refractivity contribution in [1.29, 1.82) is 0 Å². The van der Waals surface area contributed by atoms with Crippen molar-refractivity contribution in [3.63, 3.8) is 0 Å². The van der Waals surface area contributed by atoms with Crippen molar-refractivity contribution in [2.24, 2.45) is 5.10 Å². The van der Waals surface area contributed by atoms with Gasteiger partial charge in [0.05, 0.1) is 18.5 Å². The fourth-order valence-corrected chi connectivity index (χ4v) is 1.84. The van der Waals surface area contributed by atoms with Gasteiger partial charge >= 0.3 is 0 Å². The van der Waals surface area contributed by atoms with Gasteiger partial charge in [0.25, 0.3) is 0 Å². The molecule has 0 atom stereocenters. The molecule has 2 aromatic rings. The Hall–Kier alpha value is -2.20. The lowest BCUT2D eigenvalue weighted by Gasteiger charge is -2.07. The van der Waals surface area contributed by atoms with Crippen molar-refractivity contribution in [3.8, 4) is 11.5 Å². The minimum absolute atomic E-state index is 0.0750. The zero-order valence-electron chi connectivity index (χ0n) is 11.0. The van der Waals surface area contributed by atoms with Crippen molar-refractivity contribution >= 4 is 23.5 Å². The molecule has 104 valence electrons. The number of halogens is 1. The minimum atomic E-state index is 0.0750. The van der Waals surface area contributed by atoms with Crippen LogP contribution in [0.4, 0.5) is 5.69 Å². The normalized spacial score (nSPS) is 10.7. The number of benzene rings is 2. The van der Waals surface area contributed by atoms with E-state index in [1.165, 1.54) is 6.21 Å². The SMILES string of the molecule is CCOc1cccc(/C=N/Nc2cccc(Cl)c2)c1O. The predicted molar refractivity (Wildman–Crippen MR) is 81.9 cm³/mol. The van der Waals surface area contributed by atoms with E-state index in [9.17, 15) is 5.11 Å². The van der Waals surface area contributed by atoms with Crippen molar-refractivity contribution in [3.05, 3.63) is 53.1 Å². The van der Waals surface area contributed by atoms with E-state index in [0.717, 1.165) is 5.69 Å². The molecule has 4 nitrogen and oxygen atoms in total. The van der Waals surface area contributed by atoms with Gasteiger partial charge < -0.3 is 9.84 Å². The van der Waals surface area contributed by atoms with Crippen LogP contribution in [0.15, 0.2) is 47.6 Å². The first kappa shape index (κ1) is 14.2. The van der Waals surface area contributed by atoms with Crippen molar-refractivity contribution < 1.29 is 9.84 Å². The van der Waals surface area contributed by atoms with Crippen LogP contribution in [0.3, 0.4) is 0 Å². The monoisotopic (exact) mass is 290 g/mol. The highest BCUT2D eigenvalue weighted by Crippen LogP contribution is 2.28. The number of phenolic OH excluding ortho intramolecular Hbond substituents is 1. The van der Waals surface area contributed by atoms with E-state index in [-0.39, 0.29) is 5.75 Å². The lowest BCUT2D eigenvalue weighted by atomic mass is 10.2. The molecule has 0 saturated heterocycles. The largest absolute Gasteiger partial charge is 0.504 e. The first-order valence-electron chi connectivity index (χ1n) is 6.20. The Morgan fingerprint density at radius 1 is 1.30 bits per heavy atom. The van der Waals surface area contributed by atoms with Crippen LogP contribution in [0.25, 0.3) is 0 Å². The molecule has 2 aromatic carbocycles. The minimum Gasteiger partial charge on any atom is -0.504 e. The Bertz CT molecular complexity index is 615. The number of hydrazone groups is 1. The highest BCUT2D eigenvalue weighted by molar-refractivity contribution is 6.30. The van der Waals surface area contributed by atoms with Gasteiger partial charge in [0, 0.05) is 10.6 Å². The third-order valence-electron chi connectivity index (χ3n) is 2.55. The van der Waals surface area contributed by atoms with E-state index < -0.39 is 0 Å². The van der Waals surface area contributed by atoms with Gasteiger partial charge in [0.2, 0.25) is 0 Å². The van der Waals surface area contributed by atoms with Crippen LogP contribution >= 0.6 is 11.6 Å². The molecular weight excluding hydrogens is 276 g/mol. The Balaban J connectivity index is 2.10. The number of anilines is 1. The molecule has 2 N–H and O–H groups in total. The molecule has 2 rings (SSSR count). The molecule has 0 unspecified atom stereocenters. The van der Waals surface area contributed by atoms with Crippen LogP contribution < -0.4 is 10.2 Å². The molecule has 0 aliphatic heterocycles. The summed E-state index contributed by atoms with van der Waals surface area (Å²) >= 11 is 5.87. The maximum atomic E-state index is 10.00. The highest BCUT2D eigenvalue weighted by Gasteiger charge is 2.05. The van der Waals surface area contributed by atoms with Crippen LogP contribution in [0, 0.1) is 0 Å². The number of para-hydroxylation sites is 1. The lowest BCUT2D eigenvalue weighted by Crippen LogP contribution is -1.95. The summed E-state index contributed by atoms with van der Waals surface area (Å²) < 4.78 is 5.31. The topological polar surface area (TPSA) is 53.8 Å². The maximum Gasteiger partial charge on any atom is 0.166 e. The number of aromatic hydroxyl groups is 1. The van der Waals surface area contributed by atoms with Crippen molar-refractivity contribution in [2.45, 2.75) is 6.92 Å². The highest BCUT2D eigenvalue weighted by atomic mass is 35.5. The second kappa shape index (κ2) is 6.82. The van der Waals surface area contributed by atoms with Gasteiger partial charge in [-0.2, -0.15) is 5.10 Å². The third kappa shape index (κ3) is 3.65. The van der Waals surface area contributed by atoms with E-state index in [0.29, 0.717) is 22.9 Å². The molecular formula is C15H15ClN2O2. The Kier molecular flexibility index (Phi) is 4.85. The van der Waals surface area contributed by atoms with Gasteiger partial charge in [-0.3, -0.25) is 5.43 Å². The van der Waals surface area contributed by atoms with Crippen LogP contribution in [0.2, 0.25) is 5.02 Å². The van der Waals surface area contributed by atoms with E-state index in [1.807, 2.05) is 19.1 Å². The summed E-state index contributed by atoms with van der Waals surface area (Å²) in [4.78, 5) is 0. The summed E-state index contributed by atoms with van der Waals surface area (Å²) in [6.07, 6.45) is 1.53. The van der Waals surface area contributed by atoms with Crippen LogP contribution in [-0.4, -0.2) is 17.9 Å². The van der Waals surface area contributed by atoms with Gasteiger partial charge in [0.15, 0.2) is 11.5 Å². The average Bonchev–Trinajstić information content (AvgIpc) is 2.43. The molecule has 0 amide bonds. The number of rotatable bonds is 5. The smallest absolute Gasteiger partial charge is 0.166 e. The molecule has 0 aromatic heterocycles. The first-order chi connectivity index (χ1) is 9.70. The second-order valence-electron chi connectivity index (χ2n) is 4.01. The first-order valence-corrected chi connectivity index (χ1v) is 6.58. The fraction of sp³-hybridized carbons (Fsp3) is 0.133. The van der Waals surface area contributed by atoms with Crippen LogP contribution in [-0.2, 0) is 0 Å². The van der Waals surface area contributed by atoms with E-state index in [2.05, 4.69) is 10.5 Å². The Morgan fingerprint density at radius 2 is 2.10 bits per heavy atom. The molecule has 0 spiro atoms. The molecule has 0 heterocycles. The zero-order chi connectivity index (χ0) is 14.4. The summed E-state index contributed by atoms with van der Waals surface area (Å²) in [7, 11) is 0. The van der Waals surface area contributed by atoms with Gasteiger partial charge in [-0.25, -0.2) is 0 Å². The molecule has 5 heteroatoms. The molecule has 20 heavy (non-hydrogen) atoms. The molecule has 0 saturated carbocycles. The average molecular weight is 291 g/mol. The molecule has 0 fully saturated rings. The second-order valence-corrected chi connectivity index (χ2v) is 4.44. The summed E-state index contributed by atoms with van der Waals surface area (Å²) in [6, 6.07) is 12.5. The summed E-state index contributed by atoms with van der Waals surface area (Å²) in [5.74, 6) is 0.519. The maximum absolute atomic E-state index is 10.00. The molecule has 0 radical (unpaired) electrons. The molecule has 0 bridgehead atoms. The molecule has 0 aliphatic rings. The van der Waals surface area contributed by atoms with Crippen LogP contribution in [0.1, 0.15) is 12.5 Å². The third-order valence-corrected chi connectivity index (χ3v) is 2.79. The summed E-state index contributed by atoms with van der Waals surface area (Å²) in [5, 5.41) is 14.7. The Morgan fingerprint density at radius 3 is 2.85 bits per heavy atom. The van der Waals surface area contributed by atoms with Gasteiger partial charge in [-0.1, -0.05) is 23.7 Å². The van der Waals surface area contributed by atoms with Gasteiger partial charge in [0.1, 0.15) is 0 Å². The number of nitrogens with one attached hydrogen (secondary N) is 1. The number of nitrogens with zero attached hydrogens (tertiary/aromatic N) is 1.